The van der Waals surface area contributed by atoms with Gasteiger partial charge in [-0.25, -0.2) is 4.79 Å². The van der Waals surface area contributed by atoms with Crippen LogP contribution in [0.25, 0.3) is 6.08 Å². The monoisotopic (exact) mass is 399 g/mol. The third-order valence-electron chi connectivity index (χ3n) is 4.12. The number of benzene rings is 2. The van der Waals surface area contributed by atoms with Gasteiger partial charge in [-0.2, -0.15) is 0 Å². The highest BCUT2D eigenvalue weighted by molar-refractivity contribution is 8.26. The van der Waals surface area contributed by atoms with Crippen molar-refractivity contribution < 1.29 is 19.4 Å². The van der Waals surface area contributed by atoms with Crippen molar-refractivity contribution in [2.75, 3.05) is 7.11 Å². The molecular formula is C20H17NO4S2. The second-order valence-corrected chi connectivity index (χ2v) is 7.51. The largest absolute Gasteiger partial charge is 0.496 e. The number of ether oxygens (including phenoxy) is 1. The number of thiocarbonyl (C=S) groups is 1. The minimum absolute atomic E-state index is 0.185. The number of carbonyl (C=O) groups excluding carboxylic acids is 1. The van der Waals surface area contributed by atoms with Gasteiger partial charge in [0, 0.05) is 12.0 Å². The summed E-state index contributed by atoms with van der Waals surface area (Å²) in [4.78, 5) is 26.3. The fraction of sp³-hybridized carbons (Fsp3) is 0.150. The van der Waals surface area contributed by atoms with Crippen molar-refractivity contribution in [3.8, 4) is 5.75 Å². The lowest BCUT2D eigenvalue weighted by molar-refractivity contribution is -0.145. The van der Waals surface area contributed by atoms with E-state index >= 15 is 0 Å². The van der Waals surface area contributed by atoms with Gasteiger partial charge in [-0.1, -0.05) is 72.5 Å². The second kappa shape index (κ2) is 8.37. The summed E-state index contributed by atoms with van der Waals surface area (Å²) in [6, 6.07) is 15.4. The average Bonchev–Trinajstić information content (AvgIpc) is 2.94. The zero-order valence-corrected chi connectivity index (χ0v) is 16.1. The molecule has 1 N–H and O–H groups in total. The molecule has 1 heterocycles. The highest BCUT2D eigenvalue weighted by Gasteiger charge is 2.40. The van der Waals surface area contributed by atoms with E-state index in [2.05, 4.69) is 0 Å². The van der Waals surface area contributed by atoms with Crippen LogP contribution in [0.3, 0.4) is 0 Å². The van der Waals surface area contributed by atoms with Crippen LogP contribution in [0.2, 0.25) is 0 Å². The van der Waals surface area contributed by atoms with Gasteiger partial charge in [0.1, 0.15) is 16.1 Å². The Hall–Kier alpha value is -2.64. The highest BCUT2D eigenvalue weighted by Crippen LogP contribution is 2.36. The Kier molecular flexibility index (Phi) is 5.93. The van der Waals surface area contributed by atoms with Crippen molar-refractivity contribution in [2.45, 2.75) is 12.5 Å². The van der Waals surface area contributed by atoms with Crippen molar-refractivity contribution in [2.24, 2.45) is 0 Å². The van der Waals surface area contributed by atoms with Gasteiger partial charge in [-0.05, 0) is 17.7 Å². The van der Waals surface area contributed by atoms with Gasteiger partial charge in [0.15, 0.2) is 0 Å². The summed E-state index contributed by atoms with van der Waals surface area (Å²) < 4.78 is 5.54. The van der Waals surface area contributed by atoms with Crippen LogP contribution < -0.4 is 4.74 Å². The van der Waals surface area contributed by atoms with Crippen LogP contribution in [0.1, 0.15) is 11.1 Å². The van der Waals surface area contributed by atoms with E-state index in [1.807, 2.05) is 48.5 Å². The number of hydrogen-bond acceptors (Lipinski definition) is 5. The maximum Gasteiger partial charge on any atom is 0.327 e. The molecule has 27 heavy (non-hydrogen) atoms. The van der Waals surface area contributed by atoms with E-state index in [0.29, 0.717) is 10.7 Å². The average molecular weight is 399 g/mol. The lowest BCUT2D eigenvalue weighted by atomic mass is 10.0. The van der Waals surface area contributed by atoms with E-state index in [4.69, 9.17) is 17.0 Å². The molecular weight excluding hydrogens is 382 g/mol. The number of aliphatic carboxylic acids is 1. The molecule has 2 aromatic carbocycles. The quantitative estimate of drug-likeness (QED) is 0.591. The molecule has 138 valence electrons. The summed E-state index contributed by atoms with van der Waals surface area (Å²) in [5, 5.41) is 9.69. The summed E-state index contributed by atoms with van der Waals surface area (Å²) >= 11 is 6.42. The van der Waals surface area contributed by atoms with Crippen molar-refractivity contribution in [3.05, 3.63) is 70.6 Å². The maximum atomic E-state index is 12.9. The molecule has 1 amide bonds. The number of para-hydroxylation sites is 1. The Morgan fingerprint density at radius 2 is 1.89 bits per heavy atom. The number of nitrogens with zero attached hydrogens (tertiary/aromatic N) is 1. The number of carbonyl (C=O) groups is 2. The van der Waals surface area contributed by atoms with E-state index in [9.17, 15) is 14.7 Å². The molecule has 3 rings (SSSR count). The Morgan fingerprint density at radius 3 is 2.56 bits per heavy atom. The molecule has 0 aromatic heterocycles. The number of rotatable bonds is 6. The first-order valence-corrected chi connectivity index (χ1v) is 9.40. The minimum atomic E-state index is -1.09. The molecule has 7 heteroatoms. The molecule has 2 aromatic rings. The van der Waals surface area contributed by atoms with Crippen LogP contribution in [0.4, 0.5) is 0 Å². The van der Waals surface area contributed by atoms with Gasteiger partial charge in [0.2, 0.25) is 0 Å². The Morgan fingerprint density at radius 1 is 1.22 bits per heavy atom. The smallest absolute Gasteiger partial charge is 0.327 e. The van der Waals surface area contributed by atoms with Gasteiger partial charge >= 0.3 is 5.97 Å². The summed E-state index contributed by atoms with van der Waals surface area (Å²) in [7, 11) is 1.55. The molecule has 5 nitrogen and oxygen atoms in total. The van der Waals surface area contributed by atoms with Crippen LogP contribution in [0, 0.1) is 0 Å². The SMILES string of the molecule is COc1ccccc1C=C1SC(=S)N(C(Cc2ccccc2)C(=O)O)C1=O. The number of amides is 1. The van der Waals surface area contributed by atoms with E-state index in [-0.39, 0.29) is 10.7 Å². The van der Waals surface area contributed by atoms with Crippen molar-refractivity contribution in [3.63, 3.8) is 0 Å². The second-order valence-electron chi connectivity index (χ2n) is 5.84. The van der Waals surface area contributed by atoms with Crippen molar-refractivity contribution in [1.82, 2.24) is 4.90 Å². The lowest BCUT2D eigenvalue weighted by Crippen LogP contribution is -2.45. The lowest BCUT2D eigenvalue weighted by Gasteiger charge is -2.23. The molecule has 1 aliphatic heterocycles. The summed E-state index contributed by atoms with van der Waals surface area (Å²) in [6.07, 6.45) is 1.87. The van der Waals surface area contributed by atoms with E-state index < -0.39 is 17.9 Å². The molecule has 1 fully saturated rings. The molecule has 0 aliphatic carbocycles. The zero-order valence-electron chi connectivity index (χ0n) is 14.5. The van der Waals surface area contributed by atoms with Crippen LogP contribution in [0.5, 0.6) is 5.75 Å². The van der Waals surface area contributed by atoms with Crippen LogP contribution in [-0.4, -0.2) is 39.4 Å². The van der Waals surface area contributed by atoms with Crippen molar-refractivity contribution in [1.29, 1.82) is 0 Å². The predicted molar refractivity (Wildman–Crippen MR) is 110 cm³/mol. The predicted octanol–water partition coefficient (Wildman–Crippen LogP) is 3.59. The highest BCUT2D eigenvalue weighted by atomic mass is 32.2. The fourth-order valence-electron chi connectivity index (χ4n) is 2.80. The topological polar surface area (TPSA) is 66.8 Å². The van der Waals surface area contributed by atoms with E-state index in [1.54, 1.807) is 19.3 Å². The van der Waals surface area contributed by atoms with Gasteiger partial charge < -0.3 is 9.84 Å². The third kappa shape index (κ3) is 4.20. The molecule has 1 unspecified atom stereocenters. The normalized spacial score (nSPS) is 16.6. The Bertz CT molecular complexity index is 911. The zero-order chi connectivity index (χ0) is 19.4. The Balaban J connectivity index is 1.90. The first kappa shape index (κ1) is 19.1. The standard InChI is InChI=1S/C20H17NO4S2/c1-25-16-10-6-5-9-14(16)12-17-18(22)21(20(26)27-17)15(19(23)24)11-13-7-3-2-4-8-13/h2-10,12,15H,11H2,1H3,(H,23,24). The molecule has 1 aliphatic rings. The molecule has 1 atom stereocenters. The summed E-state index contributed by atoms with van der Waals surface area (Å²) in [5.74, 6) is -0.866. The number of hydrogen-bond donors (Lipinski definition) is 1. The molecule has 1 saturated heterocycles. The maximum absolute atomic E-state index is 12.9. The van der Waals surface area contributed by atoms with Gasteiger partial charge in [-0.3, -0.25) is 9.69 Å². The fourth-order valence-corrected chi connectivity index (χ4v) is 4.15. The van der Waals surface area contributed by atoms with Gasteiger partial charge in [-0.15, -0.1) is 0 Å². The van der Waals surface area contributed by atoms with Crippen LogP contribution in [0.15, 0.2) is 59.5 Å². The number of methoxy groups -OCH3 is 1. The first-order chi connectivity index (χ1) is 13.0. The Labute approximate surface area is 166 Å². The van der Waals surface area contributed by atoms with Crippen molar-refractivity contribution >= 4 is 46.3 Å². The number of thioether (sulfide) groups is 1. The molecule has 0 bridgehead atoms. The third-order valence-corrected chi connectivity index (χ3v) is 5.45. The van der Waals surface area contributed by atoms with E-state index in [1.165, 1.54) is 4.90 Å². The molecule has 0 radical (unpaired) electrons. The minimum Gasteiger partial charge on any atom is -0.496 e. The molecule has 0 saturated carbocycles. The summed E-state index contributed by atoms with van der Waals surface area (Å²) in [6.45, 7) is 0. The van der Waals surface area contributed by atoms with Crippen LogP contribution >= 0.6 is 24.0 Å². The van der Waals surface area contributed by atoms with E-state index in [0.717, 1.165) is 22.9 Å². The van der Waals surface area contributed by atoms with Gasteiger partial charge in [0.05, 0.1) is 12.0 Å². The number of carboxylic acids is 1. The summed E-state index contributed by atoms with van der Waals surface area (Å²) in [5.41, 5.74) is 1.56. The number of carboxylic acid groups (broad SMARTS) is 1. The van der Waals surface area contributed by atoms with Gasteiger partial charge in [0.25, 0.3) is 5.91 Å². The van der Waals surface area contributed by atoms with Crippen LogP contribution in [-0.2, 0) is 16.0 Å². The first-order valence-electron chi connectivity index (χ1n) is 8.18. The molecule has 0 spiro atoms.